The summed E-state index contributed by atoms with van der Waals surface area (Å²) in [6.07, 6.45) is 3.85. The van der Waals surface area contributed by atoms with Gasteiger partial charge >= 0.3 is 0 Å². The molecular weight excluding hydrogens is 192 g/mol. The normalized spacial score (nSPS) is 36.5. The summed E-state index contributed by atoms with van der Waals surface area (Å²) in [6, 6.07) is -0.0236. The summed E-state index contributed by atoms with van der Waals surface area (Å²) in [5, 5.41) is 3.23. The molecule has 2 saturated heterocycles. The van der Waals surface area contributed by atoms with Crippen LogP contribution in [0.3, 0.4) is 0 Å². The molecule has 2 aliphatic rings. The van der Waals surface area contributed by atoms with Crippen molar-refractivity contribution in [2.75, 3.05) is 13.2 Å². The Morgan fingerprint density at radius 2 is 2.33 bits per heavy atom. The highest BCUT2D eigenvalue weighted by molar-refractivity contribution is 5.83. The van der Waals surface area contributed by atoms with E-state index in [-0.39, 0.29) is 18.1 Å². The van der Waals surface area contributed by atoms with Crippen LogP contribution in [0, 0.1) is 0 Å². The minimum atomic E-state index is -0.0236. The van der Waals surface area contributed by atoms with Crippen LogP contribution < -0.4 is 5.32 Å². The molecule has 0 aromatic carbocycles. The lowest BCUT2D eigenvalue weighted by molar-refractivity contribution is -0.129. The van der Waals surface area contributed by atoms with E-state index in [1.54, 1.807) is 0 Å². The van der Waals surface area contributed by atoms with Crippen molar-refractivity contribution in [3.63, 3.8) is 0 Å². The molecule has 0 aromatic heterocycles. The lowest BCUT2D eigenvalue weighted by Gasteiger charge is -2.22. The van der Waals surface area contributed by atoms with E-state index in [1.807, 2.05) is 18.7 Å². The van der Waals surface area contributed by atoms with Crippen LogP contribution >= 0.6 is 0 Å². The van der Waals surface area contributed by atoms with Gasteiger partial charge in [0.25, 0.3) is 0 Å². The maximum Gasteiger partial charge on any atom is 0.240 e. The Labute approximate surface area is 91.0 Å². The van der Waals surface area contributed by atoms with Crippen molar-refractivity contribution in [1.82, 2.24) is 10.2 Å². The molecule has 1 N–H and O–H groups in total. The van der Waals surface area contributed by atoms with Gasteiger partial charge in [0.1, 0.15) is 0 Å². The summed E-state index contributed by atoms with van der Waals surface area (Å²) in [5.41, 5.74) is 0. The molecule has 3 atom stereocenters. The fourth-order valence-corrected chi connectivity index (χ4v) is 2.42. The van der Waals surface area contributed by atoms with E-state index < -0.39 is 0 Å². The van der Waals surface area contributed by atoms with Crippen molar-refractivity contribution in [3.05, 3.63) is 0 Å². The lowest BCUT2D eigenvalue weighted by atomic mass is 10.2. The molecule has 2 aliphatic heterocycles. The Hall–Kier alpha value is -0.610. The minimum Gasteiger partial charge on any atom is -0.378 e. The fraction of sp³-hybridized carbons (Fsp3) is 0.909. The third-order valence-corrected chi connectivity index (χ3v) is 3.33. The SMILES string of the molecule is CC1NC(C)N(CCC2CCCO2)C1=O. The van der Waals surface area contributed by atoms with Crippen molar-refractivity contribution >= 4 is 5.91 Å². The van der Waals surface area contributed by atoms with Crippen LogP contribution in [-0.4, -0.2) is 42.3 Å². The van der Waals surface area contributed by atoms with Gasteiger partial charge in [-0.05, 0) is 33.1 Å². The molecule has 0 saturated carbocycles. The molecule has 0 bridgehead atoms. The van der Waals surface area contributed by atoms with Crippen LogP contribution in [0.2, 0.25) is 0 Å². The molecule has 2 fully saturated rings. The number of nitrogens with zero attached hydrogens (tertiary/aromatic N) is 1. The summed E-state index contributed by atoms with van der Waals surface area (Å²) in [4.78, 5) is 13.7. The summed E-state index contributed by atoms with van der Waals surface area (Å²) < 4.78 is 5.55. The van der Waals surface area contributed by atoms with Gasteiger partial charge in [0.05, 0.1) is 18.3 Å². The van der Waals surface area contributed by atoms with E-state index in [0.29, 0.717) is 6.10 Å². The zero-order valence-corrected chi connectivity index (χ0v) is 9.53. The van der Waals surface area contributed by atoms with Crippen molar-refractivity contribution in [1.29, 1.82) is 0 Å². The number of carbonyl (C=O) groups excluding carboxylic acids is 1. The Morgan fingerprint density at radius 3 is 2.87 bits per heavy atom. The molecule has 0 aromatic rings. The Kier molecular flexibility index (Phi) is 3.26. The van der Waals surface area contributed by atoms with E-state index in [0.717, 1.165) is 26.0 Å². The van der Waals surface area contributed by atoms with Gasteiger partial charge in [-0.1, -0.05) is 0 Å². The first kappa shape index (κ1) is 10.9. The Bertz CT molecular complexity index is 239. The predicted molar refractivity (Wildman–Crippen MR) is 57.4 cm³/mol. The van der Waals surface area contributed by atoms with Crippen LogP contribution in [0.15, 0.2) is 0 Å². The summed E-state index contributed by atoms with van der Waals surface area (Å²) in [6.45, 7) is 5.67. The van der Waals surface area contributed by atoms with E-state index in [4.69, 9.17) is 4.74 Å². The standard InChI is InChI=1S/C11H20N2O2/c1-8-11(14)13(9(2)12-8)6-5-10-4-3-7-15-10/h8-10,12H,3-7H2,1-2H3. The second-order valence-corrected chi connectivity index (χ2v) is 4.52. The van der Waals surface area contributed by atoms with E-state index >= 15 is 0 Å². The quantitative estimate of drug-likeness (QED) is 0.749. The molecule has 0 aliphatic carbocycles. The largest absolute Gasteiger partial charge is 0.378 e. The van der Waals surface area contributed by atoms with Crippen LogP contribution in [0.5, 0.6) is 0 Å². The zero-order valence-electron chi connectivity index (χ0n) is 9.53. The van der Waals surface area contributed by atoms with Gasteiger partial charge in [0.2, 0.25) is 5.91 Å². The summed E-state index contributed by atoms with van der Waals surface area (Å²) in [5.74, 6) is 0.223. The molecule has 0 spiro atoms. The highest BCUT2D eigenvalue weighted by Gasteiger charge is 2.33. The number of hydrogen-bond acceptors (Lipinski definition) is 3. The topological polar surface area (TPSA) is 41.6 Å². The molecule has 0 radical (unpaired) electrons. The number of amides is 1. The average Bonchev–Trinajstić information content (AvgIpc) is 2.76. The Morgan fingerprint density at radius 1 is 1.53 bits per heavy atom. The van der Waals surface area contributed by atoms with Gasteiger partial charge < -0.3 is 9.64 Å². The number of carbonyl (C=O) groups is 1. The van der Waals surface area contributed by atoms with E-state index in [1.165, 1.54) is 6.42 Å². The van der Waals surface area contributed by atoms with Crippen molar-refractivity contribution in [2.24, 2.45) is 0 Å². The van der Waals surface area contributed by atoms with Crippen LogP contribution in [0.1, 0.15) is 33.1 Å². The van der Waals surface area contributed by atoms with Gasteiger partial charge in [-0.15, -0.1) is 0 Å². The van der Waals surface area contributed by atoms with Crippen molar-refractivity contribution < 1.29 is 9.53 Å². The molecule has 86 valence electrons. The third kappa shape index (κ3) is 2.32. The monoisotopic (exact) mass is 212 g/mol. The van der Waals surface area contributed by atoms with E-state index in [2.05, 4.69) is 5.32 Å². The summed E-state index contributed by atoms with van der Waals surface area (Å²) in [7, 11) is 0. The molecule has 1 amide bonds. The molecule has 3 unspecified atom stereocenters. The van der Waals surface area contributed by atoms with Crippen LogP contribution in [0.25, 0.3) is 0 Å². The average molecular weight is 212 g/mol. The molecule has 2 rings (SSSR count). The van der Waals surface area contributed by atoms with Gasteiger partial charge in [-0.2, -0.15) is 0 Å². The second kappa shape index (κ2) is 4.49. The Balaban J connectivity index is 1.80. The lowest BCUT2D eigenvalue weighted by Crippen LogP contribution is -2.36. The number of ether oxygens (including phenoxy) is 1. The molecule has 4 nitrogen and oxygen atoms in total. The van der Waals surface area contributed by atoms with Gasteiger partial charge in [0, 0.05) is 13.2 Å². The summed E-state index contributed by atoms with van der Waals surface area (Å²) >= 11 is 0. The molecule has 15 heavy (non-hydrogen) atoms. The highest BCUT2D eigenvalue weighted by atomic mass is 16.5. The van der Waals surface area contributed by atoms with Gasteiger partial charge in [-0.3, -0.25) is 10.1 Å². The maximum atomic E-state index is 11.7. The smallest absolute Gasteiger partial charge is 0.240 e. The van der Waals surface area contributed by atoms with E-state index in [9.17, 15) is 4.79 Å². The maximum absolute atomic E-state index is 11.7. The predicted octanol–water partition coefficient (Wildman–Crippen LogP) is 0.722. The fourth-order valence-electron chi connectivity index (χ4n) is 2.42. The number of rotatable bonds is 3. The van der Waals surface area contributed by atoms with Crippen LogP contribution in [-0.2, 0) is 9.53 Å². The highest BCUT2D eigenvalue weighted by Crippen LogP contribution is 2.18. The van der Waals surface area contributed by atoms with Gasteiger partial charge in [0.15, 0.2) is 0 Å². The number of nitrogens with one attached hydrogen (secondary N) is 1. The molecule has 4 heteroatoms. The van der Waals surface area contributed by atoms with Crippen molar-refractivity contribution in [2.45, 2.75) is 51.4 Å². The van der Waals surface area contributed by atoms with Gasteiger partial charge in [-0.25, -0.2) is 0 Å². The molecular formula is C11H20N2O2. The third-order valence-electron chi connectivity index (χ3n) is 3.33. The minimum absolute atomic E-state index is 0.0236. The first-order chi connectivity index (χ1) is 7.18. The van der Waals surface area contributed by atoms with Crippen LogP contribution in [0.4, 0.5) is 0 Å². The first-order valence-corrected chi connectivity index (χ1v) is 5.86. The number of hydrogen-bond donors (Lipinski definition) is 1. The molecule has 2 heterocycles. The second-order valence-electron chi connectivity index (χ2n) is 4.52. The van der Waals surface area contributed by atoms with Crippen molar-refractivity contribution in [3.8, 4) is 0 Å². The zero-order chi connectivity index (χ0) is 10.8. The first-order valence-electron chi connectivity index (χ1n) is 5.86.